The molecular weight excluding hydrogens is 256 g/mol. The Bertz CT molecular complexity index is 471. The monoisotopic (exact) mass is 276 g/mol. The molecule has 0 aliphatic heterocycles. The first kappa shape index (κ1) is 14.4. The maximum atomic E-state index is 12.3. The number of carbonyl (C=O) groups excluding carboxylic acids is 1. The molecule has 0 atom stereocenters. The van der Waals surface area contributed by atoms with Crippen molar-refractivity contribution in [2.75, 3.05) is 24.5 Å². The van der Waals surface area contributed by atoms with Crippen LogP contribution < -0.4 is 4.90 Å². The van der Waals surface area contributed by atoms with E-state index >= 15 is 0 Å². The number of nitrogens with zero attached hydrogens (tertiary/aromatic N) is 2. The number of amides is 1. The number of anilines is 1. The first-order valence-corrected chi connectivity index (χ1v) is 6.93. The van der Waals surface area contributed by atoms with Crippen molar-refractivity contribution in [1.29, 1.82) is 0 Å². The lowest BCUT2D eigenvalue weighted by Crippen LogP contribution is -2.43. The van der Waals surface area contributed by atoms with Gasteiger partial charge in [-0.15, -0.1) is 0 Å². The van der Waals surface area contributed by atoms with E-state index in [1.807, 2.05) is 42.2 Å². The van der Waals surface area contributed by atoms with Crippen LogP contribution in [-0.2, 0) is 9.59 Å². The predicted octanol–water partition coefficient (Wildman–Crippen LogP) is 1.59. The van der Waals surface area contributed by atoms with Crippen molar-refractivity contribution in [3.05, 3.63) is 30.3 Å². The van der Waals surface area contributed by atoms with Crippen LogP contribution in [0.1, 0.15) is 19.8 Å². The molecule has 0 heterocycles. The van der Waals surface area contributed by atoms with Crippen molar-refractivity contribution in [3.8, 4) is 0 Å². The molecule has 0 radical (unpaired) electrons. The molecule has 0 spiro atoms. The molecule has 0 aromatic heterocycles. The zero-order valence-electron chi connectivity index (χ0n) is 11.7. The van der Waals surface area contributed by atoms with Crippen LogP contribution in [0.15, 0.2) is 30.3 Å². The number of carbonyl (C=O) groups is 2. The second-order valence-corrected chi connectivity index (χ2v) is 5.00. The standard InChI is InChI=1S/C15H20N2O3/c1-2-17(13-8-9-13)14(18)10-16(11-15(19)20)12-6-4-3-5-7-12/h3-7,13H,2,8-11H2,1H3,(H,19,20). The molecule has 1 aromatic carbocycles. The highest BCUT2D eigenvalue weighted by Gasteiger charge is 2.32. The van der Waals surface area contributed by atoms with Crippen LogP contribution >= 0.6 is 0 Å². The minimum atomic E-state index is -0.934. The maximum Gasteiger partial charge on any atom is 0.323 e. The summed E-state index contributed by atoms with van der Waals surface area (Å²) in [6.07, 6.45) is 2.12. The van der Waals surface area contributed by atoms with E-state index in [0.29, 0.717) is 12.6 Å². The topological polar surface area (TPSA) is 60.9 Å². The third kappa shape index (κ3) is 3.73. The van der Waals surface area contributed by atoms with Gasteiger partial charge in [0.05, 0.1) is 6.54 Å². The first-order chi connectivity index (χ1) is 9.61. The summed E-state index contributed by atoms with van der Waals surface area (Å²) in [6.45, 7) is 2.58. The summed E-state index contributed by atoms with van der Waals surface area (Å²) in [7, 11) is 0. The fourth-order valence-electron chi connectivity index (χ4n) is 2.32. The van der Waals surface area contributed by atoms with E-state index in [1.165, 1.54) is 0 Å². The van der Waals surface area contributed by atoms with Crippen LogP contribution in [0, 0.1) is 0 Å². The number of aliphatic carboxylic acids is 1. The molecule has 5 nitrogen and oxygen atoms in total. The van der Waals surface area contributed by atoms with Crippen molar-refractivity contribution < 1.29 is 14.7 Å². The Morgan fingerprint density at radius 2 is 1.85 bits per heavy atom. The van der Waals surface area contributed by atoms with E-state index in [0.717, 1.165) is 18.5 Å². The molecule has 1 saturated carbocycles. The second kappa shape index (κ2) is 6.41. The lowest BCUT2D eigenvalue weighted by molar-refractivity contribution is -0.135. The highest BCUT2D eigenvalue weighted by Crippen LogP contribution is 2.27. The van der Waals surface area contributed by atoms with Crippen molar-refractivity contribution in [2.45, 2.75) is 25.8 Å². The summed E-state index contributed by atoms with van der Waals surface area (Å²) >= 11 is 0. The largest absolute Gasteiger partial charge is 0.480 e. The van der Waals surface area contributed by atoms with Crippen LogP contribution in [0.2, 0.25) is 0 Å². The molecule has 1 N–H and O–H groups in total. The number of hydrogen-bond donors (Lipinski definition) is 1. The quantitative estimate of drug-likeness (QED) is 0.821. The molecule has 2 rings (SSSR count). The molecule has 1 fully saturated rings. The molecule has 0 bridgehead atoms. The summed E-state index contributed by atoms with van der Waals surface area (Å²) in [4.78, 5) is 26.7. The lowest BCUT2D eigenvalue weighted by atomic mass is 10.2. The molecule has 0 unspecified atom stereocenters. The van der Waals surface area contributed by atoms with Gasteiger partial charge in [0.25, 0.3) is 0 Å². The van der Waals surface area contributed by atoms with E-state index in [1.54, 1.807) is 4.90 Å². The summed E-state index contributed by atoms with van der Waals surface area (Å²) in [5, 5.41) is 9.01. The summed E-state index contributed by atoms with van der Waals surface area (Å²) in [5.74, 6) is -0.934. The number of carboxylic acids is 1. The van der Waals surface area contributed by atoms with E-state index in [9.17, 15) is 9.59 Å². The smallest absolute Gasteiger partial charge is 0.323 e. The Hall–Kier alpha value is -2.04. The van der Waals surface area contributed by atoms with Crippen LogP contribution in [0.3, 0.4) is 0 Å². The first-order valence-electron chi connectivity index (χ1n) is 6.93. The van der Waals surface area contributed by atoms with E-state index in [4.69, 9.17) is 5.11 Å². The number of para-hydroxylation sites is 1. The van der Waals surface area contributed by atoms with E-state index in [2.05, 4.69) is 0 Å². The molecule has 20 heavy (non-hydrogen) atoms. The molecule has 1 amide bonds. The molecule has 1 aromatic rings. The van der Waals surface area contributed by atoms with Crippen LogP contribution in [0.5, 0.6) is 0 Å². The number of rotatable bonds is 7. The van der Waals surface area contributed by atoms with Crippen LogP contribution in [-0.4, -0.2) is 47.6 Å². The Morgan fingerprint density at radius 1 is 1.20 bits per heavy atom. The van der Waals surface area contributed by atoms with Crippen LogP contribution in [0.4, 0.5) is 5.69 Å². The van der Waals surface area contributed by atoms with Gasteiger partial charge < -0.3 is 14.9 Å². The van der Waals surface area contributed by atoms with Gasteiger partial charge in [-0.1, -0.05) is 18.2 Å². The minimum Gasteiger partial charge on any atom is -0.480 e. The van der Waals surface area contributed by atoms with Gasteiger partial charge in [0.1, 0.15) is 6.54 Å². The average Bonchev–Trinajstić information content (AvgIpc) is 3.24. The van der Waals surface area contributed by atoms with Gasteiger partial charge in [-0.25, -0.2) is 0 Å². The third-order valence-electron chi connectivity index (χ3n) is 3.42. The second-order valence-electron chi connectivity index (χ2n) is 5.00. The lowest BCUT2D eigenvalue weighted by Gasteiger charge is -2.27. The van der Waals surface area contributed by atoms with Gasteiger partial charge in [0, 0.05) is 18.3 Å². The van der Waals surface area contributed by atoms with Gasteiger partial charge in [-0.3, -0.25) is 9.59 Å². The zero-order valence-corrected chi connectivity index (χ0v) is 11.7. The van der Waals surface area contributed by atoms with Gasteiger partial charge in [-0.2, -0.15) is 0 Å². The normalized spacial score (nSPS) is 13.8. The SMILES string of the molecule is CCN(C(=O)CN(CC(=O)O)c1ccccc1)C1CC1. The third-order valence-corrected chi connectivity index (χ3v) is 3.42. The molecule has 1 aliphatic rings. The van der Waals surface area contributed by atoms with Crippen molar-refractivity contribution in [2.24, 2.45) is 0 Å². The Balaban J connectivity index is 2.07. The predicted molar refractivity (Wildman–Crippen MR) is 76.7 cm³/mol. The average molecular weight is 276 g/mol. The number of benzene rings is 1. The van der Waals surface area contributed by atoms with Gasteiger partial charge in [0.2, 0.25) is 5.91 Å². The Kier molecular flexibility index (Phi) is 4.61. The van der Waals surface area contributed by atoms with Gasteiger partial charge in [0.15, 0.2) is 0 Å². The van der Waals surface area contributed by atoms with Gasteiger partial charge >= 0.3 is 5.97 Å². The van der Waals surface area contributed by atoms with E-state index in [-0.39, 0.29) is 19.0 Å². The maximum absolute atomic E-state index is 12.3. The highest BCUT2D eigenvalue weighted by atomic mass is 16.4. The molecule has 1 aliphatic carbocycles. The van der Waals surface area contributed by atoms with Gasteiger partial charge in [-0.05, 0) is 31.9 Å². The highest BCUT2D eigenvalue weighted by molar-refractivity contribution is 5.84. The fourth-order valence-corrected chi connectivity index (χ4v) is 2.32. The number of likely N-dealkylation sites (N-methyl/N-ethyl adjacent to an activating group) is 1. The minimum absolute atomic E-state index is 0.0000954. The van der Waals surface area contributed by atoms with Crippen molar-refractivity contribution in [3.63, 3.8) is 0 Å². The van der Waals surface area contributed by atoms with E-state index < -0.39 is 5.97 Å². The number of carboxylic acid groups (broad SMARTS) is 1. The van der Waals surface area contributed by atoms with Crippen molar-refractivity contribution in [1.82, 2.24) is 4.90 Å². The molecule has 108 valence electrons. The van der Waals surface area contributed by atoms with Crippen LogP contribution in [0.25, 0.3) is 0 Å². The molecule has 5 heteroatoms. The summed E-state index contributed by atoms with van der Waals surface area (Å²) in [5.41, 5.74) is 0.759. The fraction of sp³-hybridized carbons (Fsp3) is 0.467. The Labute approximate surface area is 118 Å². The summed E-state index contributed by atoms with van der Waals surface area (Å²) < 4.78 is 0. The zero-order chi connectivity index (χ0) is 14.5. The summed E-state index contributed by atoms with van der Waals surface area (Å²) in [6, 6.07) is 9.55. The molecular formula is C15H20N2O3. The van der Waals surface area contributed by atoms with Crippen molar-refractivity contribution >= 4 is 17.6 Å². The Morgan fingerprint density at radius 3 is 2.35 bits per heavy atom. The number of hydrogen-bond acceptors (Lipinski definition) is 3. The molecule has 0 saturated heterocycles.